The quantitative estimate of drug-likeness (QED) is 0.193. The van der Waals surface area contributed by atoms with E-state index >= 15 is 0 Å². The van der Waals surface area contributed by atoms with Crippen molar-refractivity contribution in [1.82, 2.24) is 0 Å². The van der Waals surface area contributed by atoms with Crippen molar-refractivity contribution in [3.8, 4) is 33.4 Å². The highest BCUT2D eigenvalue weighted by Crippen LogP contribution is 2.45. The van der Waals surface area contributed by atoms with Crippen molar-refractivity contribution in [3.63, 3.8) is 0 Å². The van der Waals surface area contributed by atoms with E-state index in [9.17, 15) is 0 Å². The highest BCUT2D eigenvalue weighted by Gasteiger charge is 2.18. The van der Waals surface area contributed by atoms with Gasteiger partial charge in [-0.25, -0.2) is 0 Å². The topological polar surface area (TPSA) is 13.1 Å². The van der Waals surface area contributed by atoms with Gasteiger partial charge in [0, 0.05) is 10.8 Å². The van der Waals surface area contributed by atoms with E-state index in [1.54, 1.807) is 0 Å². The maximum atomic E-state index is 6.48. The maximum Gasteiger partial charge on any atom is 0.136 e. The van der Waals surface area contributed by atoms with E-state index in [1.807, 2.05) is 0 Å². The molecule has 45 heavy (non-hydrogen) atoms. The molecule has 1 heterocycles. The average molecular weight is 571 g/mol. The van der Waals surface area contributed by atoms with Gasteiger partial charge in [0.25, 0.3) is 0 Å². The molecule has 0 saturated carbocycles. The lowest BCUT2D eigenvalue weighted by molar-refractivity contribution is 0.669. The summed E-state index contributed by atoms with van der Waals surface area (Å²) in [6, 6.07) is 57.3. The van der Waals surface area contributed by atoms with Crippen LogP contribution in [0.25, 0.3) is 98.4 Å². The number of furan rings is 1. The van der Waals surface area contributed by atoms with Gasteiger partial charge in [0.15, 0.2) is 0 Å². The van der Waals surface area contributed by atoms with Crippen LogP contribution in [0, 0.1) is 0 Å². The second-order valence-corrected chi connectivity index (χ2v) is 12.0. The highest BCUT2D eigenvalue weighted by atomic mass is 16.3. The number of hydrogen-bond acceptors (Lipinski definition) is 1. The van der Waals surface area contributed by atoms with Crippen LogP contribution in [0.4, 0.5) is 0 Å². The Morgan fingerprint density at radius 1 is 0.289 bits per heavy atom. The second kappa shape index (κ2) is 9.29. The van der Waals surface area contributed by atoms with Crippen molar-refractivity contribution < 1.29 is 4.42 Å². The number of benzene rings is 9. The Morgan fingerprint density at radius 3 is 1.78 bits per heavy atom. The van der Waals surface area contributed by atoms with Crippen LogP contribution in [0.5, 0.6) is 0 Å². The third-order valence-corrected chi connectivity index (χ3v) is 9.64. The smallest absolute Gasteiger partial charge is 0.136 e. The molecule has 0 saturated heterocycles. The number of fused-ring (bicyclic) bond motifs is 4. The first kappa shape index (κ1) is 24.5. The van der Waals surface area contributed by atoms with Crippen LogP contribution in [0.1, 0.15) is 0 Å². The van der Waals surface area contributed by atoms with Crippen LogP contribution < -0.4 is 0 Å². The van der Waals surface area contributed by atoms with E-state index in [2.05, 4.69) is 158 Å². The predicted molar refractivity (Wildman–Crippen MR) is 191 cm³/mol. The third kappa shape index (κ3) is 3.56. The number of hydrogen-bond donors (Lipinski definition) is 0. The van der Waals surface area contributed by atoms with Crippen molar-refractivity contribution in [2.45, 2.75) is 0 Å². The van der Waals surface area contributed by atoms with Crippen LogP contribution in [0.2, 0.25) is 0 Å². The molecule has 10 aromatic rings. The molecule has 9 aromatic carbocycles. The summed E-state index contributed by atoms with van der Waals surface area (Å²) in [7, 11) is 0. The van der Waals surface area contributed by atoms with Crippen LogP contribution in [-0.2, 0) is 0 Å². The average Bonchev–Trinajstić information content (AvgIpc) is 3.49. The molecule has 208 valence electrons. The Bertz CT molecular complexity index is 2740. The molecular formula is C44H26O. The summed E-state index contributed by atoms with van der Waals surface area (Å²) >= 11 is 0. The van der Waals surface area contributed by atoms with E-state index in [4.69, 9.17) is 4.42 Å². The van der Waals surface area contributed by atoms with Gasteiger partial charge >= 0.3 is 0 Å². The van der Waals surface area contributed by atoms with E-state index in [-0.39, 0.29) is 0 Å². The summed E-state index contributed by atoms with van der Waals surface area (Å²) in [4.78, 5) is 0. The Kier molecular flexibility index (Phi) is 5.06. The van der Waals surface area contributed by atoms with Gasteiger partial charge in [-0.2, -0.15) is 0 Å². The SMILES string of the molecule is c1ccc(-c2ccc3ccc4c(-c5cccc6oc7ccc(-c8cccc9ccccc89)cc7c56)ccc5ccc2c3c54)cc1. The molecule has 0 spiro atoms. The van der Waals surface area contributed by atoms with Crippen molar-refractivity contribution in [3.05, 3.63) is 158 Å². The lowest BCUT2D eigenvalue weighted by Crippen LogP contribution is -1.89. The first-order valence-corrected chi connectivity index (χ1v) is 15.5. The fourth-order valence-electron chi connectivity index (χ4n) is 7.60. The van der Waals surface area contributed by atoms with Gasteiger partial charge in [0.05, 0.1) is 0 Å². The fourth-order valence-corrected chi connectivity index (χ4v) is 7.60. The predicted octanol–water partition coefficient (Wildman–Crippen LogP) is 12.6. The van der Waals surface area contributed by atoms with E-state index in [0.717, 1.165) is 21.9 Å². The van der Waals surface area contributed by atoms with Gasteiger partial charge in [-0.15, -0.1) is 0 Å². The molecule has 1 nitrogen and oxygen atoms in total. The molecule has 10 rings (SSSR count). The third-order valence-electron chi connectivity index (χ3n) is 9.64. The lowest BCUT2D eigenvalue weighted by Gasteiger charge is -2.17. The zero-order valence-corrected chi connectivity index (χ0v) is 24.4. The minimum atomic E-state index is 0.909. The molecule has 0 aliphatic carbocycles. The molecule has 0 amide bonds. The van der Waals surface area contributed by atoms with Gasteiger partial charge in [0.2, 0.25) is 0 Å². The normalized spacial score (nSPS) is 12.0. The lowest BCUT2D eigenvalue weighted by atomic mass is 9.86. The Labute approximate surface area is 259 Å². The number of rotatable bonds is 3. The molecule has 1 heteroatoms. The summed E-state index contributed by atoms with van der Waals surface area (Å²) < 4.78 is 6.48. The van der Waals surface area contributed by atoms with Crippen LogP contribution in [0.3, 0.4) is 0 Å². The van der Waals surface area contributed by atoms with Gasteiger partial charge in [0.1, 0.15) is 11.2 Å². The van der Waals surface area contributed by atoms with Crippen LogP contribution in [-0.4, -0.2) is 0 Å². The monoisotopic (exact) mass is 570 g/mol. The van der Waals surface area contributed by atoms with Crippen molar-refractivity contribution in [1.29, 1.82) is 0 Å². The second-order valence-electron chi connectivity index (χ2n) is 12.0. The van der Waals surface area contributed by atoms with Gasteiger partial charge < -0.3 is 4.42 Å². The summed E-state index contributed by atoms with van der Waals surface area (Å²) in [6.07, 6.45) is 0. The molecule has 0 radical (unpaired) electrons. The minimum absolute atomic E-state index is 0.909. The standard InChI is InChI=1S/C44H26O/c1-2-8-27(9-3-1)34-21-16-29-19-24-38-35(22-17-30-18-23-37(34)42(29)43(30)38)36-14-7-15-41-44(36)39-26-31(20-25-40(39)45-41)33-13-6-11-28-10-4-5-12-32(28)33/h1-26H. The molecule has 0 N–H and O–H groups in total. The molecule has 0 unspecified atom stereocenters. The minimum Gasteiger partial charge on any atom is -0.456 e. The molecule has 1 aromatic heterocycles. The fraction of sp³-hybridized carbons (Fsp3) is 0. The summed E-state index contributed by atoms with van der Waals surface area (Å²) in [5.74, 6) is 0. The molecule has 0 fully saturated rings. The van der Waals surface area contributed by atoms with E-state index in [0.29, 0.717) is 0 Å². The van der Waals surface area contributed by atoms with E-state index < -0.39 is 0 Å². The van der Waals surface area contributed by atoms with Crippen LogP contribution >= 0.6 is 0 Å². The highest BCUT2D eigenvalue weighted by molar-refractivity contribution is 6.28. The Balaban J connectivity index is 1.25. The van der Waals surface area contributed by atoms with Crippen LogP contribution in [0.15, 0.2) is 162 Å². The molecule has 0 bridgehead atoms. The zero-order valence-electron chi connectivity index (χ0n) is 24.4. The maximum absolute atomic E-state index is 6.48. The molecular weight excluding hydrogens is 544 g/mol. The van der Waals surface area contributed by atoms with Crippen molar-refractivity contribution in [2.75, 3.05) is 0 Å². The Morgan fingerprint density at radius 2 is 0.933 bits per heavy atom. The summed E-state index contributed by atoms with van der Waals surface area (Å²) in [5, 5.41) is 12.6. The van der Waals surface area contributed by atoms with Crippen molar-refractivity contribution >= 4 is 65.0 Å². The largest absolute Gasteiger partial charge is 0.456 e. The van der Waals surface area contributed by atoms with E-state index in [1.165, 1.54) is 76.5 Å². The van der Waals surface area contributed by atoms with Gasteiger partial charge in [-0.1, -0.05) is 140 Å². The molecule has 0 aliphatic heterocycles. The van der Waals surface area contributed by atoms with Crippen molar-refractivity contribution in [2.24, 2.45) is 0 Å². The molecule has 0 aliphatic rings. The Hall–Kier alpha value is -5.92. The summed E-state index contributed by atoms with van der Waals surface area (Å²) in [5.41, 5.74) is 9.19. The molecule has 0 atom stereocenters. The first-order chi connectivity index (χ1) is 22.3. The van der Waals surface area contributed by atoms with Gasteiger partial charge in [-0.05, 0) is 94.7 Å². The first-order valence-electron chi connectivity index (χ1n) is 15.5. The summed E-state index contributed by atoms with van der Waals surface area (Å²) in [6.45, 7) is 0. The van der Waals surface area contributed by atoms with Gasteiger partial charge in [-0.3, -0.25) is 0 Å². The zero-order chi connectivity index (χ0) is 29.5.